The molecule has 1 atom stereocenters. The zero-order chi connectivity index (χ0) is 15.4. The summed E-state index contributed by atoms with van der Waals surface area (Å²) in [5.74, 6) is -0.372. The second-order valence-corrected chi connectivity index (χ2v) is 5.51. The Hall–Kier alpha value is -1.74. The molecule has 1 unspecified atom stereocenters. The van der Waals surface area contributed by atoms with Gasteiger partial charge in [-0.05, 0) is 74.2 Å². The summed E-state index contributed by atoms with van der Waals surface area (Å²) in [4.78, 5) is 0. The lowest BCUT2D eigenvalue weighted by atomic mass is 10.0. The number of aryl methyl sites for hydroxylation is 2. The Morgan fingerprint density at radius 2 is 1.76 bits per heavy atom. The first-order valence-electron chi connectivity index (χ1n) is 7.22. The van der Waals surface area contributed by atoms with Gasteiger partial charge in [0, 0.05) is 6.04 Å². The summed E-state index contributed by atoms with van der Waals surface area (Å²) in [5.41, 5.74) is 3.69. The second-order valence-electron chi connectivity index (χ2n) is 5.51. The molecule has 0 saturated carbocycles. The lowest BCUT2D eigenvalue weighted by molar-refractivity contribution is 0.564. The van der Waals surface area contributed by atoms with E-state index in [1.54, 1.807) is 25.1 Å². The molecule has 3 heteroatoms. The van der Waals surface area contributed by atoms with Gasteiger partial charge >= 0.3 is 0 Å². The van der Waals surface area contributed by atoms with Crippen LogP contribution in [0.3, 0.4) is 0 Å². The van der Waals surface area contributed by atoms with Crippen LogP contribution in [0.15, 0.2) is 36.4 Å². The molecular formula is C18H21F2N. The summed E-state index contributed by atoms with van der Waals surface area (Å²) < 4.78 is 26.6. The van der Waals surface area contributed by atoms with Crippen LogP contribution >= 0.6 is 0 Å². The van der Waals surface area contributed by atoms with Crippen molar-refractivity contribution in [2.24, 2.45) is 0 Å². The molecule has 112 valence electrons. The highest BCUT2D eigenvalue weighted by atomic mass is 19.1. The van der Waals surface area contributed by atoms with Gasteiger partial charge in [-0.2, -0.15) is 0 Å². The normalized spacial score (nSPS) is 12.4. The minimum absolute atomic E-state index is 0.0841. The maximum Gasteiger partial charge on any atom is 0.126 e. The van der Waals surface area contributed by atoms with E-state index in [1.165, 1.54) is 6.07 Å². The van der Waals surface area contributed by atoms with E-state index in [0.29, 0.717) is 5.56 Å². The maximum atomic E-state index is 13.6. The standard InChI is InChI=1S/C18H21F2N/c1-12-4-5-16(11-18(12)20)14(3)21-9-8-15-6-7-17(19)10-13(15)2/h4-7,10-11,14,21H,8-9H2,1-3H3. The molecule has 1 nitrogen and oxygen atoms in total. The first-order valence-corrected chi connectivity index (χ1v) is 7.22. The summed E-state index contributed by atoms with van der Waals surface area (Å²) >= 11 is 0. The highest BCUT2D eigenvalue weighted by Gasteiger charge is 2.07. The first-order chi connectivity index (χ1) is 9.97. The largest absolute Gasteiger partial charge is 0.310 e. The van der Waals surface area contributed by atoms with Crippen molar-refractivity contribution < 1.29 is 8.78 Å². The molecule has 21 heavy (non-hydrogen) atoms. The van der Waals surface area contributed by atoms with Crippen molar-refractivity contribution in [1.82, 2.24) is 5.32 Å². The molecule has 0 saturated heterocycles. The van der Waals surface area contributed by atoms with Crippen LogP contribution in [-0.4, -0.2) is 6.54 Å². The van der Waals surface area contributed by atoms with E-state index in [9.17, 15) is 8.78 Å². The summed E-state index contributed by atoms with van der Waals surface area (Å²) in [6.07, 6.45) is 0.824. The van der Waals surface area contributed by atoms with Gasteiger partial charge in [-0.25, -0.2) is 8.78 Å². The molecule has 2 aromatic rings. The smallest absolute Gasteiger partial charge is 0.126 e. The van der Waals surface area contributed by atoms with E-state index in [4.69, 9.17) is 0 Å². The van der Waals surface area contributed by atoms with E-state index in [-0.39, 0.29) is 17.7 Å². The molecular weight excluding hydrogens is 268 g/mol. The number of halogens is 2. The SMILES string of the molecule is Cc1ccc(C(C)NCCc2ccc(F)cc2C)cc1F. The monoisotopic (exact) mass is 289 g/mol. The number of hydrogen-bond acceptors (Lipinski definition) is 1. The topological polar surface area (TPSA) is 12.0 Å². The molecule has 0 spiro atoms. The number of rotatable bonds is 5. The van der Waals surface area contributed by atoms with Crippen molar-refractivity contribution in [3.63, 3.8) is 0 Å². The Bertz CT molecular complexity index is 623. The third-order valence-electron chi connectivity index (χ3n) is 3.85. The minimum Gasteiger partial charge on any atom is -0.310 e. The fourth-order valence-corrected chi connectivity index (χ4v) is 2.36. The fraction of sp³-hybridized carbons (Fsp3) is 0.333. The molecule has 0 heterocycles. The lowest BCUT2D eigenvalue weighted by Gasteiger charge is -2.15. The molecule has 0 bridgehead atoms. The number of benzene rings is 2. The van der Waals surface area contributed by atoms with Crippen LogP contribution in [-0.2, 0) is 6.42 Å². The van der Waals surface area contributed by atoms with Crippen LogP contribution in [0.1, 0.15) is 35.2 Å². The predicted octanol–water partition coefficient (Wildman–Crippen LogP) is 4.47. The van der Waals surface area contributed by atoms with E-state index < -0.39 is 0 Å². The summed E-state index contributed by atoms with van der Waals surface area (Å²) in [6, 6.07) is 10.3. The fourth-order valence-electron chi connectivity index (χ4n) is 2.36. The molecule has 0 aliphatic carbocycles. The van der Waals surface area contributed by atoms with Crippen molar-refractivity contribution >= 4 is 0 Å². The van der Waals surface area contributed by atoms with Crippen molar-refractivity contribution in [3.8, 4) is 0 Å². The van der Waals surface area contributed by atoms with Gasteiger partial charge in [-0.15, -0.1) is 0 Å². The highest BCUT2D eigenvalue weighted by molar-refractivity contribution is 5.27. The van der Waals surface area contributed by atoms with Crippen molar-refractivity contribution in [3.05, 3.63) is 70.3 Å². The summed E-state index contributed by atoms with van der Waals surface area (Å²) in [5, 5.41) is 3.38. The molecule has 1 N–H and O–H groups in total. The van der Waals surface area contributed by atoms with Crippen LogP contribution in [0, 0.1) is 25.5 Å². The van der Waals surface area contributed by atoms with Crippen LogP contribution in [0.4, 0.5) is 8.78 Å². The van der Waals surface area contributed by atoms with Gasteiger partial charge in [0.15, 0.2) is 0 Å². The van der Waals surface area contributed by atoms with Gasteiger partial charge in [0.25, 0.3) is 0 Å². The van der Waals surface area contributed by atoms with Crippen molar-refractivity contribution in [1.29, 1.82) is 0 Å². The predicted molar refractivity (Wildman–Crippen MR) is 82.4 cm³/mol. The molecule has 0 amide bonds. The van der Waals surface area contributed by atoms with E-state index in [2.05, 4.69) is 5.32 Å². The van der Waals surface area contributed by atoms with Gasteiger partial charge in [-0.3, -0.25) is 0 Å². The van der Waals surface area contributed by atoms with Gasteiger partial charge in [0.1, 0.15) is 11.6 Å². The molecule has 0 aliphatic rings. The lowest BCUT2D eigenvalue weighted by Crippen LogP contribution is -2.21. The second kappa shape index (κ2) is 6.81. The number of hydrogen-bond donors (Lipinski definition) is 1. The zero-order valence-corrected chi connectivity index (χ0v) is 12.7. The Morgan fingerprint density at radius 3 is 2.43 bits per heavy atom. The van der Waals surface area contributed by atoms with Crippen LogP contribution in [0.2, 0.25) is 0 Å². The Morgan fingerprint density at radius 1 is 1.00 bits per heavy atom. The molecule has 2 aromatic carbocycles. The highest BCUT2D eigenvalue weighted by Crippen LogP contribution is 2.16. The molecule has 2 rings (SSSR count). The van der Waals surface area contributed by atoms with Gasteiger partial charge < -0.3 is 5.32 Å². The summed E-state index contributed by atoms with van der Waals surface area (Å²) in [6.45, 7) is 6.45. The van der Waals surface area contributed by atoms with Crippen LogP contribution < -0.4 is 5.32 Å². The van der Waals surface area contributed by atoms with E-state index >= 15 is 0 Å². The molecule has 0 aliphatic heterocycles. The number of nitrogens with one attached hydrogen (secondary N) is 1. The van der Waals surface area contributed by atoms with Crippen molar-refractivity contribution in [2.45, 2.75) is 33.2 Å². The molecule has 0 radical (unpaired) electrons. The molecule has 0 aromatic heterocycles. The minimum atomic E-state index is -0.201. The Labute approximate surface area is 125 Å². The summed E-state index contributed by atoms with van der Waals surface area (Å²) in [7, 11) is 0. The Kier molecular flexibility index (Phi) is 5.07. The van der Waals surface area contributed by atoms with Crippen LogP contribution in [0.5, 0.6) is 0 Å². The Balaban J connectivity index is 1.92. The van der Waals surface area contributed by atoms with Gasteiger partial charge in [0.2, 0.25) is 0 Å². The zero-order valence-electron chi connectivity index (χ0n) is 12.7. The average molecular weight is 289 g/mol. The quantitative estimate of drug-likeness (QED) is 0.856. The van der Waals surface area contributed by atoms with Gasteiger partial charge in [0.05, 0.1) is 0 Å². The van der Waals surface area contributed by atoms with Crippen molar-refractivity contribution in [2.75, 3.05) is 6.54 Å². The average Bonchev–Trinajstić information content (AvgIpc) is 2.44. The van der Waals surface area contributed by atoms with Crippen LogP contribution in [0.25, 0.3) is 0 Å². The van der Waals surface area contributed by atoms with E-state index in [0.717, 1.165) is 29.7 Å². The van der Waals surface area contributed by atoms with Gasteiger partial charge in [-0.1, -0.05) is 18.2 Å². The third kappa shape index (κ3) is 4.11. The third-order valence-corrected chi connectivity index (χ3v) is 3.85. The first kappa shape index (κ1) is 15.6. The van der Waals surface area contributed by atoms with E-state index in [1.807, 2.05) is 26.0 Å². The molecule has 0 fully saturated rings. The maximum absolute atomic E-state index is 13.6.